The molecule has 2 N–H and O–H groups in total. The Kier molecular flexibility index (Phi) is 7.68. The Hall–Kier alpha value is -1.84. The number of hydrogen-bond acceptors (Lipinski definition) is 4. The summed E-state index contributed by atoms with van der Waals surface area (Å²) in [5, 5.41) is 11.1. The first kappa shape index (κ1) is 22.4. The van der Waals surface area contributed by atoms with E-state index in [0.717, 1.165) is 31.5 Å². The van der Waals surface area contributed by atoms with Gasteiger partial charge in [0.15, 0.2) is 0 Å². The molecule has 0 aromatic heterocycles. The zero-order chi connectivity index (χ0) is 20.9. The molecule has 10 heteroatoms. The topological polar surface area (TPSA) is 72.9 Å². The Balaban J connectivity index is 1.89. The van der Waals surface area contributed by atoms with Crippen LogP contribution in [0.4, 0.5) is 18.9 Å². The Morgan fingerprint density at radius 2 is 2.11 bits per heavy atom. The molecule has 0 spiro atoms. The van der Waals surface area contributed by atoms with Gasteiger partial charge in [-0.15, -0.1) is 0 Å². The predicted octanol–water partition coefficient (Wildman–Crippen LogP) is 2.46. The molecule has 1 heterocycles. The van der Waals surface area contributed by atoms with Crippen LogP contribution in [0.25, 0.3) is 0 Å². The van der Waals surface area contributed by atoms with Crippen molar-refractivity contribution in [1.29, 1.82) is 0 Å². The molecule has 0 unspecified atom stereocenters. The number of nitrogens with one attached hydrogen (secondary N) is 1. The number of aliphatic hydroxyl groups is 1. The first-order valence-corrected chi connectivity index (χ1v) is 9.21. The van der Waals surface area contributed by atoms with Crippen LogP contribution >= 0.6 is 11.6 Å². The maximum Gasteiger partial charge on any atom is 0.417 e. The van der Waals surface area contributed by atoms with Gasteiger partial charge >= 0.3 is 6.18 Å². The summed E-state index contributed by atoms with van der Waals surface area (Å²) in [5.41, 5.74) is -1.09. The lowest BCUT2D eigenvalue weighted by Gasteiger charge is -2.32. The summed E-state index contributed by atoms with van der Waals surface area (Å²) >= 11 is 5.55. The number of likely N-dealkylation sites (tertiary alicyclic amines) is 1. The van der Waals surface area contributed by atoms with Gasteiger partial charge in [-0.1, -0.05) is 11.6 Å². The number of amides is 2. The summed E-state index contributed by atoms with van der Waals surface area (Å²) < 4.78 is 38.7. The molecule has 28 heavy (non-hydrogen) atoms. The molecule has 1 fully saturated rings. The molecule has 156 valence electrons. The monoisotopic (exact) mass is 421 g/mol. The van der Waals surface area contributed by atoms with E-state index in [1.807, 2.05) is 4.90 Å². The van der Waals surface area contributed by atoms with E-state index >= 15 is 0 Å². The number of halogens is 4. The van der Waals surface area contributed by atoms with Crippen molar-refractivity contribution in [3.05, 3.63) is 28.8 Å². The lowest BCUT2D eigenvalue weighted by atomic mass is 9.99. The van der Waals surface area contributed by atoms with Gasteiger partial charge in [0.05, 0.1) is 23.7 Å². The number of aliphatic hydroxyl groups excluding tert-OH is 1. The molecule has 1 aliphatic heterocycles. The number of piperidine rings is 1. The van der Waals surface area contributed by atoms with Gasteiger partial charge in [0.1, 0.15) is 0 Å². The average molecular weight is 422 g/mol. The minimum absolute atomic E-state index is 0.0515. The third-order valence-corrected chi connectivity index (χ3v) is 4.91. The molecule has 0 saturated carbocycles. The van der Waals surface area contributed by atoms with E-state index in [9.17, 15) is 27.9 Å². The fraction of sp³-hybridized carbons (Fsp3) is 0.556. The van der Waals surface area contributed by atoms with Gasteiger partial charge in [-0.2, -0.15) is 13.2 Å². The van der Waals surface area contributed by atoms with Crippen molar-refractivity contribution in [1.82, 2.24) is 9.80 Å². The second kappa shape index (κ2) is 9.58. The van der Waals surface area contributed by atoms with Crippen LogP contribution in [-0.2, 0) is 15.8 Å². The van der Waals surface area contributed by atoms with Crippen molar-refractivity contribution < 1.29 is 27.9 Å². The summed E-state index contributed by atoms with van der Waals surface area (Å²) in [5.74, 6) is -0.748. The molecule has 1 aromatic carbocycles. The van der Waals surface area contributed by atoms with Crippen molar-refractivity contribution in [2.24, 2.45) is 5.92 Å². The lowest BCUT2D eigenvalue weighted by Crippen LogP contribution is -2.45. The van der Waals surface area contributed by atoms with E-state index < -0.39 is 22.7 Å². The maximum absolute atomic E-state index is 12.9. The van der Waals surface area contributed by atoms with Crippen LogP contribution in [0.3, 0.4) is 0 Å². The number of benzene rings is 1. The van der Waals surface area contributed by atoms with Crippen LogP contribution in [0, 0.1) is 5.92 Å². The van der Waals surface area contributed by atoms with Crippen LogP contribution in [0.1, 0.15) is 18.4 Å². The normalized spacial score (nSPS) is 18.0. The molecule has 1 aromatic rings. The molecular formula is C18H23ClF3N3O3. The minimum atomic E-state index is -4.63. The van der Waals surface area contributed by atoms with Crippen LogP contribution in [0.15, 0.2) is 18.2 Å². The van der Waals surface area contributed by atoms with Gasteiger partial charge in [-0.05, 0) is 43.5 Å². The molecule has 1 aliphatic rings. The van der Waals surface area contributed by atoms with Crippen LogP contribution in [-0.4, -0.2) is 66.6 Å². The maximum atomic E-state index is 12.9. The molecule has 0 bridgehead atoms. The van der Waals surface area contributed by atoms with Crippen molar-refractivity contribution >= 4 is 29.1 Å². The van der Waals surface area contributed by atoms with Crippen molar-refractivity contribution in [2.75, 3.05) is 45.2 Å². The highest BCUT2D eigenvalue weighted by molar-refractivity contribution is 6.31. The quantitative estimate of drug-likeness (QED) is 0.740. The van der Waals surface area contributed by atoms with E-state index in [0.29, 0.717) is 6.54 Å². The number of hydrogen-bond donors (Lipinski definition) is 2. The summed E-state index contributed by atoms with van der Waals surface area (Å²) in [7, 11) is 1.46. The highest BCUT2D eigenvalue weighted by atomic mass is 35.5. The fourth-order valence-corrected chi connectivity index (χ4v) is 3.30. The first-order valence-electron chi connectivity index (χ1n) is 8.84. The molecule has 2 amide bonds. The first-order chi connectivity index (χ1) is 13.1. The zero-order valence-corrected chi connectivity index (χ0v) is 16.2. The molecule has 1 atom stereocenters. The average Bonchev–Trinajstić information content (AvgIpc) is 2.62. The van der Waals surface area contributed by atoms with E-state index in [1.165, 1.54) is 18.0 Å². The molecule has 1 saturated heterocycles. The standard InChI is InChI=1S/C18H23ClF3N3O3/c1-24(17(28)10-25-6-2-3-12(8-25)11-26)9-16(27)23-13-4-5-15(19)14(7-13)18(20,21)22/h4-5,7,12,26H,2-3,6,8-11H2,1H3,(H,23,27)/t12-/m1/s1. The van der Waals surface area contributed by atoms with Gasteiger partial charge in [0.25, 0.3) is 0 Å². The summed E-state index contributed by atoms with van der Waals surface area (Å²) in [6.07, 6.45) is -2.83. The van der Waals surface area contributed by atoms with Crippen molar-refractivity contribution in [3.63, 3.8) is 0 Å². The number of anilines is 1. The van der Waals surface area contributed by atoms with E-state index in [2.05, 4.69) is 5.32 Å². The smallest absolute Gasteiger partial charge is 0.396 e. The summed E-state index contributed by atoms with van der Waals surface area (Å²) in [6.45, 7) is 1.27. The van der Waals surface area contributed by atoms with Gasteiger partial charge in [-0.3, -0.25) is 14.5 Å². The summed E-state index contributed by atoms with van der Waals surface area (Å²) in [6, 6.07) is 3.08. The third kappa shape index (κ3) is 6.35. The van der Waals surface area contributed by atoms with Gasteiger partial charge in [0.2, 0.25) is 11.8 Å². The van der Waals surface area contributed by atoms with Crippen molar-refractivity contribution in [3.8, 4) is 0 Å². The number of likely N-dealkylation sites (N-methyl/N-ethyl adjacent to an activating group) is 1. The number of carbonyl (C=O) groups is 2. The Labute approximate surface area is 166 Å². The largest absolute Gasteiger partial charge is 0.417 e. The Bertz CT molecular complexity index is 715. The number of rotatable bonds is 6. The number of carbonyl (C=O) groups excluding carboxylic acids is 2. The molecular weight excluding hydrogens is 399 g/mol. The predicted molar refractivity (Wildman–Crippen MR) is 99.0 cm³/mol. The second-order valence-corrected chi connectivity index (χ2v) is 7.32. The Morgan fingerprint density at radius 1 is 1.39 bits per heavy atom. The van der Waals surface area contributed by atoms with Crippen LogP contribution in [0.5, 0.6) is 0 Å². The number of alkyl halides is 3. The lowest BCUT2D eigenvalue weighted by molar-refractivity contribution is -0.137. The van der Waals surface area contributed by atoms with E-state index in [-0.39, 0.29) is 37.2 Å². The van der Waals surface area contributed by atoms with E-state index in [1.54, 1.807) is 0 Å². The SMILES string of the molecule is CN(CC(=O)Nc1ccc(Cl)c(C(F)(F)F)c1)C(=O)CN1CCC[C@@H](CO)C1. The molecule has 0 radical (unpaired) electrons. The Morgan fingerprint density at radius 3 is 2.75 bits per heavy atom. The van der Waals surface area contributed by atoms with Gasteiger partial charge in [-0.25, -0.2) is 0 Å². The van der Waals surface area contributed by atoms with Gasteiger partial charge < -0.3 is 15.3 Å². The fourth-order valence-electron chi connectivity index (χ4n) is 3.08. The van der Waals surface area contributed by atoms with Gasteiger partial charge in [0, 0.05) is 25.9 Å². The van der Waals surface area contributed by atoms with Crippen LogP contribution < -0.4 is 5.32 Å². The van der Waals surface area contributed by atoms with Crippen molar-refractivity contribution in [2.45, 2.75) is 19.0 Å². The summed E-state index contributed by atoms with van der Waals surface area (Å²) in [4.78, 5) is 27.5. The molecule has 0 aliphatic carbocycles. The second-order valence-electron chi connectivity index (χ2n) is 6.92. The zero-order valence-electron chi connectivity index (χ0n) is 15.4. The molecule has 2 rings (SSSR count). The molecule has 6 nitrogen and oxygen atoms in total. The highest BCUT2D eigenvalue weighted by Crippen LogP contribution is 2.36. The highest BCUT2D eigenvalue weighted by Gasteiger charge is 2.33. The third-order valence-electron chi connectivity index (χ3n) is 4.58. The minimum Gasteiger partial charge on any atom is -0.396 e. The van der Waals surface area contributed by atoms with E-state index in [4.69, 9.17) is 11.6 Å². The number of nitrogens with zero attached hydrogens (tertiary/aromatic N) is 2. The van der Waals surface area contributed by atoms with Crippen LogP contribution in [0.2, 0.25) is 5.02 Å².